The van der Waals surface area contributed by atoms with Crippen LogP contribution in [0.5, 0.6) is 0 Å². The Kier molecular flexibility index (Phi) is 6.99. The molecule has 3 aromatic rings. The molecule has 5 rings (SSSR count). The predicted octanol–water partition coefficient (Wildman–Crippen LogP) is 4.79. The molecule has 2 aromatic carbocycles. The summed E-state index contributed by atoms with van der Waals surface area (Å²) in [5.74, 6) is -0.442. The number of carboxylic acid groups (broad SMARTS) is 1. The Morgan fingerprint density at radius 1 is 1.27 bits per heavy atom. The number of nitrogens with two attached hydrogens (primary N) is 1. The van der Waals surface area contributed by atoms with Crippen LogP contribution in [-0.2, 0) is 32.7 Å². The summed E-state index contributed by atoms with van der Waals surface area (Å²) in [5, 5.41) is 24.9. The van der Waals surface area contributed by atoms with Gasteiger partial charge in [0.15, 0.2) is 4.99 Å². The van der Waals surface area contributed by atoms with E-state index in [1.165, 1.54) is 23.9 Å². The van der Waals surface area contributed by atoms with Gasteiger partial charge in [0.05, 0.1) is 10.6 Å². The number of nitrogens with one attached hydrogen (secondary N) is 1. The van der Waals surface area contributed by atoms with Crippen LogP contribution in [0, 0.1) is 5.92 Å². The largest absolute Gasteiger partial charge is 0.477 e. The van der Waals surface area contributed by atoms with Crippen molar-refractivity contribution in [1.29, 1.82) is 0 Å². The number of primary sulfonamides is 1. The number of benzene rings is 2. The van der Waals surface area contributed by atoms with Gasteiger partial charge in [-0.1, -0.05) is 58.9 Å². The van der Waals surface area contributed by atoms with Crippen molar-refractivity contribution in [1.82, 2.24) is 15.1 Å². The Bertz CT molecular complexity index is 1500. The molecule has 4 N–H and O–H groups in total. The van der Waals surface area contributed by atoms with Crippen LogP contribution in [0.25, 0.3) is 11.3 Å². The third kappa shape index (κ3) is 5.36. The standard InChI is InChI=1S/C26H27BrN4O4S2/c1-2-26(29-22(15-36-26)25(32)33)31-23(13-17-6-7-17)21(24(30-31)18-4-3-5-19(27)14-18)12-16-8-10-20(11-9-16)37(28,34)35/h3-5,8-11,14-15,17,29H,2,6-7,12-13H2,1H3,(H,32,33)(H2,28,34,35). The van der Waals surface area contributed by atoms with E-state index in [2.05, 4.69) is 21.2 Å². The summed E-state index contributed by atoms with van der Waals surface area (Å²) in [5.41, 5.74) is 4.97. The second-order valence-corrected chi connectivity index (χ2v) is 13.1. The van der Waals surface area contributed by atoms with Gasteiger partial charge in [-0.3, -0.25) is 0 Å². The topological polar surface area (TPSA) is 127 Å². The lowest BCUT2D eigenvalue weighted by atomic mass is 9.97. The maximum Gasteiger partial charge on any atom is 0.352 e. The summed E-state index contributed by atoms with van der Waals surface area (Å²) in [6, 6.07) is 14.6. The Morgan fingerprint density at radius 2 is 2.00 bits per heavy atom. The van der Waals surface area contributed by atoms with Crippen molar-refractivity contribution in [3.8, 4) is 11.3 Å². The molecule has 37 heavy (non-hydrogen) atoms. The van der Waals surface area contributed by atoms with Crippen molar-refractivity contribution in [2.24, 2.45) is 11.1 Å². The third-order valence-corrected chi connectivity index (χ3v) is 9.48. The lowest BCUT2D eigenvalue weighted by Gasteiger charge is -2.31. The molecule has 194 valence electrons. The van der Waals surface area contributed by atoms with Gasteiger partial charge in [0, 0.05) is 33.1 Å². The first-order valence-electron chi connectivity index (χ1n) is 12.0. The minimum Gasteiger partial charge on any atom is -0.477 e. The molecule has 1 aromatic heterocycles. The van der Waals surface area contributed by atoms with E-state index in [0.29, 0.717) is 18.8 Å². The van der Waals surface area contributed by atoms with Crippen molar-refractivity contribution in [2.75, 3.05) is 0 Å². The molecule has 0 amide bonds. The Balaban J connectivity index is 1.66. The fourth-order valence-corrected chi connectivity index (χ4v) is 6.57. The molecule has 0 bridgehead atoms. The van der Waals surface area contributed by atoms with Gasteiger partial charge in [-0.25, -0.2) is 23.0 Å². The smallest absolute Gasteiger partial charge is 0.352 e. The van der Waals surface area contributed by atoms with Gasteiger partial charge in [0.2, 0.25) is 10.0 Å². The monoisotopic (exact) mass is 602 g/mol. The molecule has 1 atom stereocenters. The van der Waals surface area contributed by atoms with Gasteiger partial charge in [0.25, 0.3) is 0 Å². The molecule has 1 saturated carbocycles. The van der Waals surface area contributed by atoms with E-state index >= 15 is 0 Å². The average Bonchev–Trinajstić information content (AvgIpc) is 3.45. The van der Waals surface area contributed by atoms with Gasteiger partial charge in [-0.2, -0.15) is 5.10 Å². The Hall–Kier alpha value is -2.60. The molecule has 11 heteroatoms. The number of thioether (sulfide) groups is 1. The molecule has 1 aliphatic carbocycles. The lowest BCUT2D eigenvalue weighted by molar-refractivity contribution is -0.133. The first-order valence-corrected chi connectivity index (χ1v) is 15.2. The molecule has 0 saturated heterocycles. The first-order chi connectivity index (χ1) is 17.6. The first kappa shape index (κ1) is 26.0. The van der Waals surface area contributed by atoms with Crippen LogP contribution in [0.2, 0.25) is 0 Å². The number of rotatable bonds is 9. The van der Waals surface area contributed by atoms with Crippen LogP contribution in [0.15, 0.2) is 69.0 Å². The summed E-state index contributed by atoms with van der Waals surface area (Å²) in [6.07, 6.45) is 4.29. The zero-order valence-electron chi connectivity index (χ0n) is 20.1. The van der Waals surface area contributed by atoms with E-state index in [1.54, 1.807) is 17.5 Å². The Morgan fingerprint density at radius 3 is 2.57 bits per heavy atom. The van der Waals surface area contributed by atoms with E-state index in [9.17, 15) is 18.3 Å². The van der Waals surface area contributed by atoms with Crippen molar-refractivity contribution in [3.05, 3.63) is 80.9 Å². The lowest BCUT2D eigenvalue weighted by Crippen LogP contribution is -2.43. The minimum absolute atomic E-state index is 0.0705. The van der Waals surface area contributed by atoms with E-state index in [-0.39, 0.29) is 10.6 Å². The fraction of sp³-hybridized carbons (Fsp3) is 0.308. The van der Waals surface area contributed by atoms with Crippen LogP contribution in [0.1, 0.15) is 43.0 Å². The number of hydrogen-bond donors (Lipinski definition) is 3. The van der Waals surface area contributed by atoms with E-state index in [0.717, 1.165) is 51.8 Å². The SMILES string of the molecule is CCC1(n2nc(-c3cccc(Br)c3)c(Cc3ccc(S(N)(=O)=O)cc3)c2CC2CC2)NC(C(=O)O)=CS1. The molecule has 2 heterocycles. The quantitative estimate of drug-likeness (QED) is 0.321. The molecule has 0 spiro atoms. The molecule has 1 unspecified atom stereocenters. The Labute approximate surface area is 228 Å². The molecule has 2 aliphatic rings. The van der Waals surface area contributed by atoms with Crippen LogP contribution >= 0.6 is 27.7 Å². The van der Waals surface area contributed by atoms with Gasteiger partial charge >= 0.3 is 5.97 Å². The maximum atomic E-state index is 11.8. The molecular formula is C26H27BrN4O4S2. The van der Waals surface area contributed by atoms with Crippen molar-refractivity contribution in [3.63, 3.8) is 0 Å². The highest BCUT2D eigenvalue weighted by atomic mass is 79.9. The molecule has 1 fully saturated rings. The highest BCUT2D eigenvalue weighted by Gasteiger charge is 2.42. The van der Waals surface area contributed by atoms with Crippen molar-refractivity contribution in [2.45, 2.75) is 48.9 Å². The zero-order chi connectivity index (χ0) is 26.4. The summed E-state index contributed by atoms with van der Waals surface area (Å²) < 4.78 is 26.4. The summed E-state index contributed by atoms with van der Waals surface area (Å²) >= 11 is 5.00. The highest BCUT2D eigenvalue weighted by Crippen LogP contribution is 2.44. The van der Waals surface area contributed by atoms with Crippen LogP contribution in [0.4, 0.5) is 0 Å². The number of carboxylic acids is 1. The van der Waals surface area contributed by atoms with Crippen LogP contribution in [0.3, 0.4) is 0 Å². The number of carbonyl (C=O) groups is 1. The molecular weight excluding hydrogens is 576 g/mol. The third-order valence-electron chi connectivity index (χ3n) is 6.75. The highest BCUT2D eigenvalue weighted by molar-refractivity contribution is 9.10. The van der Waals surface area contributed by atoms with Crippen molar-refractivity contribution >= 4 is 43.7 Å². The molecule has 1 aliphatic heterocycles. The van der Waals surface area contributed by atoms with Crippen LogP contribution in [-0.4, -0.2) is 29.3 Å². The van der Waals surface area contributed by atoms with E-state index < -0.39 is 21.0 Å². The summed E-state index contributed by atoms with van der Waals surface area (Å²) in [7, 11) is -3.78. The van der Waals surface area contributed by atoms with Gasteiger partial charge in [0.1, 0.15) is 5.70 Å². The number of nitrogens with zero attached hydrogens (tertiary/aromatic N) is 2. The average molecular weight is 604 g/mol. The second kappa shape index (κ2) is 9.94. The van der Waals surface area contributed by atoms with Gasteiger partial charge < -0.3 is 10.4 Å². The summed E-state index contributed by atoms with van der Waals surface area (Å²) in [4.78, 5) is 11.1. The minimum atomic E-state index is -3.78. The number of aliphatic carboxylic acids is 1. The number of aromatic nitrogens is 2. The zero-order valence-corrected chi connectivity index (χ0v) is 23.4. The van der Waals surface area contributed by atoms with Crippen molar-refractivity contribution < 1.29 is 18.3 Å². The maximum absolute atomic E-state index is 11.8. The van der Waals surface area contributed by atoms with E-state index in [1.807, 2.05) is 35.9 Å². The number of sulfonamides is 1. The predicted molar refractivity (Wildman–Crippen MR) is 147 cm³/mol. The number of hydrogen-bond acceptors (Lipinski definition) is 6. The second-order valence-electron chi connectivity index (χ2n) is 9.43. The van der Waals surface area contributed by atoms with Crippen LogP contribution < -0.4 is 10.5 Å². The van der Waals surface area contributed by atoms with Gasteiger partial charge in [-0.05, 0) is 61.4 Å². The molecule has 8 nitrogen and oxygen atoms in total. The fourth-order valence-electron chi connectivity index (χ4n) is 4.60. The molecule has 0 radical (unpaired) electrons. The number of halogens is 1. The normalized spacial score (nSPS) is 19.5. The van der Waals surface area contributed by atoms with E-state index in [4.69, 9.17) is 10.2 Å². The van der Waals surface area contributed by atoms with Gasteiger partial charge in [-0.15, -0.1) is 0 Å². The summed E-state index contributed by atoms with van der Waals surface area (Å²) in [6.45, 7) is 2.02.